The molecule has 1 rings (SSSR count). The topological polar surface area (TPSA) is 76.0 Å². The second kappa shape index (κ2) is 3.52. The lowest BCUT2D eigenvalue weighted by atomic mass is 10.1. The van der Waals surface area contributed by atoms with Crippen LogP contribution in [0.15, 0.2) is 10.9 Å². The lowest BCUT2D eigenvalue weighted by Crippen LogP contribution is -2.12. The zero-order valence-electron chi connectivity index (χ0n) is 7.08. The standard InChI is InChI=1S/C7H6F2N2O3/c1-3-2-4(12)10-7(11(13)14)5(3)6(8)9/h2,6H,1H3,(H,10,12). The first-order chi connectivity index (χ1) is 6.43. The van der Waals surface area contributed by atoms with Gasteiger partial charge in [0.2, 0.25) is 0 Å². The number of aromatic amines is 1. The first kappa shape index (κ1) is 10.3. The van der Waals surface area contributed by atoms with Crippen molar-refractivity contribution in [3.8, 4) is 0 Å². The second-order valence-corrected chi connectivity index (χ2v) is 2.64. The first-order valence-electron chi connectivity index (χ1n) is 3.60. The van der Waals surface area contributed by atoms with E-state index in [1.807, 2.05) is 0 Å². The predicted molar refractivity (Wildman–Crippen MR) is 43.4 cm³/mol. The van der Waals surface area contributed by atoms with E-state index >= 15 is 0 Å². The van der Waals surface area contributed by atoms with Crippen LogP contribution in [-0.4, -0.2) is 9.91 Å². The smallest absolute Gasteiger partial charge is 0.332 e. The lowest BCUT2D eigenvalue weighted by Gasteiger charge is -2.04. The number of nitro groups is 1. The SMILES string of the molecule is Cc1cc(=O)[nH]c([N+](=O)[O-])c1C(F)F. The van der Waals surface area contributed by atoms with E-state index in [2.05, 4.69) is 0 Å². The van der Waals surface area contributed by atoms with E-state index in [-0.39, 0.29) is 5.56 Å². The van der Waals surface area contributed by atoms with Crippen LogP contribution in [0.2, 0.25) is 0 Å². The fourth-order valence-electron chi connectivity index (χ4n) is 1.10. The zero-order valence-corrected chi connectivity index (χ0v) is 7.08. The summed E-state index contributed by atoms with van der Waals surface area (Å²) in [7, 11) is 0. The average Bonchev–Trinajstić information content (AvgIpc) is 2.01. The molecule has 0 aliphatic heterocycles. The van der Waals surface area contributed by atoms with E-state index in [0.29, 0.717) is 0 Å². The van der Waals surface area contributed by atoms with Crippen LogP contribution in [0.4, 0.5) is 14.6 Å². The van der Waals surface area contributed by atoms with Gasteiger partial charge in [-0.05, 0) is 17.4 Å². The lowest BCUT2D eigenvalue weighted by molar-refractivity contribution is -0.391. The Morgan fingerprint density at radius 2 is 2.14 bits per heavy atom. The van der Waals surface area contributed by atoms with E-state index in [1.165, 1.54) is 6.92 Å². The molecule has 0 bridgehead atoms. The van der Waals surface area contributed by atoms with Crippen molar-refractivity contribution in [1.29, 1.82) is 0 Å². The fourth-order valence-corrected chi connectivity index (χ4v) is 1.10. The predicted octanol–water partition coefficient (Wildman–Crippen LogP) is 1.53. The molecule has 0 unspecified atom stereocenters. The van der Waals surface area contributed by atoms with Gasteiger partial charge < -0.3 is 10.1 Å². The average molecular weight is 204 g/mol. The Labute approximate surface area is 76.5 Å². The van der Waals surface area contributed by atoms with Crippen molar-refractivity contribution in [3.05, 3.63) is 37.7 Å². The molecule has 0 aromatic carbocycles. The van der Waals surface area contributed by atoms with Crippen LogP contribution in [0.5, 0.6) is 0 Å². The number of nitrogens with zero attached hydrogens (tertiary/aromatic N) is 1. The van der Waals surface area contributed by atoms with E-state index in [0.717, 1.165) is 6.07 Å². The van der Waals surface area contributed by atoms with E-state index in [9.17, 15) is 23.7 Å². The monoisotopic (exact) mass is 204 g/mol. The summed E-state index contributed by atoms with van der Waals surface area (Å²) in [4.78, 5) is 21.8. The van der Waals surface area contributed by atoms with Gasteiger partial charge in [-0.15, -0.1) is 0 Å². The minimum absolute atomic E-state index is 0.0875. The van der Waals surface area contributed by atoms with Crippen molar-refractivity contribution in [1.82, 2.24) is 4.98 Å². The number of alkyl halides is 2. The molecule has 0 saturated carbocycles. The number of pyridine rings is 1. The van der Waals surface area contributed by atoms with Gasteiger partial charge in [0.25, 0.3) is 6.43 Å². The number of aryl methyl sites for hydroxylation is 1. The van der Waals surface area contributed by atoms with E-state index in [4.69, 9.17) is 0 Å². The Bertz CT molecular complexity index is 427. The second-order valence-electron chi connectivity index (χ2n) is 2.64. The van der Waals surface area contributed by atoms with Gasteiger partial charge in [-0.1, -0.05) is 0 Å². The van der Waals surface area contributed by atoms with E-state index in [1.54, 1.807) is 4.98 Å². The number of rotatable bonds is 2. The van der Waals surface area contributed by atoms with Crippen LogP contribution < -0.4 is 5.56 Å². The number of aromatic nitrogens is 1. The quantitative estimate of drug-likeness (QED) is 0.586. The summed E-state index contributed by atoms with van der Waals surface area (Å²) >= 11 is 0. The third-order valence-electron chi connectivity index (χ3n) is 1.67. The normalized spacial score (nSPS) is 10.6. The largest absolute Gasteiger partial charge is 0.358 e. The van der Waals surface area contributed by atoms with Crippen LogP contribution in [-0.2, 0) is 0 Å². The molecule has 76 valence electrons. The highest BCUT2D eigenvalue weighted by Gasteiger charge is 2.24. The molecule has 14 heavy (non-hydrogen) atoms. The maximum Gasteiger partial charge on any atom is 0.332 e. The Morgan fingerprint density at radius 1 is 1.57 bits per heavy atom. The van der Waals surface area contributed by atoms with E-state index < -0.39 is 28.3 Å². The molecule has 5 nitrogen and oxygen atoms in total. The molecule has 1 N–H and O–H groups in total. The molecule has 0 aliphatic rings. The molecule has 1 heterocycles. The third-order valence-corrected chi connectivity index (χ3v) is 1.67. The highest BCUT2D eigenvalue weighted by molar-refractivity contribution is 5.39. The summed E-state index contributed by atoms with van der Waals surface area (Å²) in [5, 5.41) is 10.3. The molecular formula is C7H6F2N2O3. The van der Waals surface area contributed by atoms with Crippen LogP contribution in [0.1, 0.15) is 17.6 Å². The van der Waals surface area contributed by atoms with Crippen LogP contribution in [0.25, 0.3) is 0 Å². The Kier molecular flexibility index (Phi) is 2.59. The van der Waals surface area contributed by atoms with Gasteiger partial charge in [-0.25, -0.2) is 18.6 Å². The van der Waals surface area contributed by atoms with Crippen molar-refractivity contribution in [2.45, 2.75) is 13.3 Å². The zero-order chi connectivity index (χ0) is 10.9. The number of nitrogens with one attached hydrogen (secondary N) is 1. The van der Waals surface area contributed by atoms with Gasteiger partial charge in [0, 0.05) is 6.07 Å². The molecular weight excluding hydrogens is 198 g/mol. The maximum absolute atomic E-state index is 12.4. The van der Waals surface area contributed by atoms with Crippen molar-refractivity contribution in [2.24, 2.45) is 0 Å². The minimum Gasteiger partial charge on any atom is -0.358 e. The minimum atomic E-state index is -2.98. The Morgan fingerprint density at radius 3 is 2.57 bits per heavy atom. The van der Waals surface area contributed by atoms with Gasteiger partial charge in [0.05, 0.1) is 0 Å². The summed E-state index contributed by atoms with van der Waals surface area (Å²) in [5.41, 5.74) is -1.59. The van der Waals surface area contributed by atoms with Crippen molar-refractivity contribution >= 4 is 5.82 Å². The van der Waals surface area contributed by atoms with Crippen LogP contribution in [0, 0.1) is 17.0 Å². The fraction of sp³-hybridized carbons (Fsp3) is 0.286. The van der Waals surface area contributed by atoms with Gasteiger partial charge in [-0.3, -0.25) is 0 Å². The van der Waals surface area contributed by atoms with Crippen LogP contribution >= 0.6 is 0 Å². The third kappa shape index (κ3) is 1.76. The highest BCUT2D eigenvalue weighted by atomic mass is 19.3. The molecule has 7 heteroatoms. The number of H-pyrrole nitrogens is 1. The molecule has 0 amide bonds. The molecule has 1 aromatic heterocycles. The molecule has 0 saturated heterocycles. The molecule has 0 fully saturated rings. The molecule has 0 radical (unpaired) electrons. The summed E-state index contributed by atoms with van der Waals surface area (Å²) in [6.07, 6.45) is -2.98. The van der Waals surface area contributed by atoms with Gasteiger partial charge in [0.1, 0.15) is 5.56 Å². The van der Waals surface area contributed by atoms with Crippen molar-refractivity contribution < 1.29 is 13.7 Å². The highest BCUT2D eigenvalue weighted by Crippen LogP contribution is 2.28. The Hall–Kier alpha value is -1.79. The molecule has 1 aromatic rings. The van der Waals surface area contributed by atoms with Gasteiger partial charge in [-0.2, -0.15) is 0 Å². The summed E-state index contributed by atoms with van der Waals surface area (Å²) < 4.78 is 24.7. The van der Waals surface area contributed by atoms with Crippen molar-refractivity contribution in [2.75, 3.05) is 0 Å². The number of hydrogen-bond donors (Lipinski definition) is 1. The molecule has 0 aliphatic carbocycles. The molecule has 0 spiro atoms. The first-order valence-corrected chi connectivity index (χ1v) is 3.60. The summed E-state index contributed by atoms with van der Waals surface area (Å²) in [5.74, 6) is -0.940. The summed E-state index contributed by atoms with van der Waals surface area (Å²) in [6, 6.07) is 0.897. The Balaban J connectivity index is 3.52. The summed E-state index contributed by atoms with van der Waals surface area (Å²) in [6.45, 7) is 1.23. The van der Waals surface area contributed by atoms with Crippen molar-refractivity contribution in [3.63, 3.8) is 0 Å². The van der Waals surface area contributed by atoms with Gasteiger partial charge >= 0.3 is 11.4 Å². The number of hydrogen-bond acceptors (Lipinski definition) is 3. The number of halogens is 2. The van der Waals surface area contributed by atoms with Gasteiger partial charge in [0.15, 0.2) is 0 Å². The molecule has 0 atom stereocenters. The maximum atomic E-state index is 12.4. The van der Waals surface area contributed by atoms with Crippen LogP contribution in [0.3, 0.4) is 0 Å².